The SMILES string of the molecule is CN(CC(=O)N1CCOCC1)C(=O)CN1C(=O)C(=O)N(Cc2ccccc2)C1=O. The Balaban J connectivity index is 1.59. The molecule has 2 fully saturated rings. The molecule has 2 aliphatic heterocycles. The maximum absolute atomic E-state index is 12.5. The van der Waals surface area contributed by atoms with Crippen molar-refractivity contribution in [1.29, 1.82) is 0 Å². The van der Waals surface area contributed by atoms with E-state index in [4.69, 9.17) is 4.74 Å². The zero-order valence-electron chi connectivity index (χ0n) is 16.1. The third-order valence-electron chi connectivity index (χ3n) is 4.77. The van der Waals surface area contributed by atoms with E-state index < -0.39 is 30.3 Å². The van der Waals surface area contributed by atoms with Crippen LogP contribution in [0.3, 0.4) is 0 Å². The molecule has 2 heterocycles. The van der Waals surface area contributed by atoms with Crippen LogP contribution in [0.1, 0.15) is 5.56 Å². The highest BCUT2D eigenvalue weighted by Crippen LogP contribution is 2.16. The molecule has 0 radical (unpaired) electrons. The number of carbonyl (C=O) groups excluding carboxylic acids is 5. The number of hydrogen-bond donors (Lipinski definition) is 0. The molecule has 10 heteroatoms. The first-order chi connectivity index (χ1) is 13.9. The molecule has 0 N–H and O–H groups in total. The van der Waals surface area contributed by atoms with Crippen LogP contribution >= 0.6 is 0 Å². The van der Waals surface area contributed by atoms with Crippen LogP contribution < -0.4 is 0 Å². The normalized spacial score (nSPS) is 17.1. The third kappa shape index (κ3) is 4.60. The monoisotopic (exact) mass is 402 g/mol. The molecule has 2 aliphatic rings. The molecule has 1 aromatic carbocycles. The lowest BCUT2D eigenvalue weighted by atomic mass is 10.2. The number of urea groups is 1. The van der Waals surface area contributed by atoms with Gasteiger partial charge in [-0.2, -0.15) is 0 Å². The number of rotatable bonds is 6. The van der Waals surface area contributed by atoms with Gasteiger partial charge in [0.25, 0.3) is 0 Å². The summed E-state index contributed by atoms with van der Waals surface area (Å²) in [6.07, 6.45) is 0. The van der Waals surface area contributed by atoms with Crippen LogP contribution in [0.25, 0.3) is 0 Å². The lowest BCUT2D eigenvalue weighted by Gasteiger charge is -2.29. The number of nitrogens with zero attached hydrogens (tertiary/aromatic N) is 4. The number of ether oxygens (including phenoxy) is 1. The molecule has 0 unspecified atom stereocenters. The van der Waals surface area contributed by atoms with E-state index in [1.807, 2.05) is 0 Å². The van der Waals surface area contributed by atoms with Crippen molar-refractivity contribution in [2.24, 2.45) is 0 Å². The predicted molar refractivity (Wildman–Crippen MR) is 99.1 cm³/mol. The van der Waals surface area contributed by atoms with E-state index in [9.17, 15) is 24.0 Å². The van der Waals surface area contributed by atoms with Gasteiger partial charge in [0.05, 0.1) is 26.3 Å². The van der Waals surface area contributed by atoms with E-state index in [1.165, 1.54) is 7.05 Å². The highest BCUT2D eigenvalue weighted by molar-refractivity contribution is 6.44. The fourth-order valence-electron chi connectivity index (χ4n) is 3.06. The zero-order valence-corrected chi connectivity index (χ0v) is 16.1. The zero-order chi connectivity index (χ0) is 21.0. The van der Waals surface area contributed by atoms with E-state index in [0.717, 1.165) is 9.80 Å². The van der Waals surface area contributed by atoms with Crippen LogP contribution in [-0.4, -0.2) is 95.7 Å². The van der Waals surface area contributed by atoms with Crippen molar-refractivity contribution in [2.45, 2.75) is 6.54 Å². The minimum absolute atomic E-state index is 0.0553. The molecule has 154 valence electrons. The van der Waals surface area contributed by atoms with E-state index >= 15 is 0 Å². The molecule has 0 atom stereocenters. The molecule has 0 bridgehead atoms. The molecular weight excluding hydrogens is 380 g/mol. The summed E-state index contributed by atoms with van der Waals surface area (Å²) in [6, 6.07) is 7.91. The molecule has 0 spiro atoms. The largest absolute Gasteiger partial charge is 0.378 e. The van der Waals surface area contributed by atoms with E-state index in [-0.39, 0.29) is 19.0 Å². The Morgan fingerprint density at radius 3 is 2.28 bits per heavy atom. The second kappa shape index (κ2) is 8.82. The van der Waals surface area contributed by atoms with Gasteiger partial charge in [0.15, 0.2) is 0 Å². The average Bonchev–Trinajstić information content (AvgIpc) is 2.93. The fourth-order valence-corrected chi connectivity index (χ4v) is 3.06. The van der Waals surface area contributed by atoms with Gasteiger partial charge in [0.2, 0.25) is 11.8 Å². The van der Waals surface area contributed by atoms with Gasteiger partial charge in [-0.3, -0.25) is 24.1 Å². The molecule has 29 heavy (non-hydrogen) atoms. The topological polar surface area (TPSA) is 108 Å². The fraction of sp³-hybridized carbons (Fsp3) is 0.421. The number of likely N-dealkylation sites (N-methyl/N-ethyl adjacent to an activating group) is 1. The highest BCUT2D eigenvalue weighted by atomic mass is 16.5. The highest BCUT2D eigenvalue weighted by Gasteiger charge is 2.45. The van der Waals surface area contributed by atoms with Gasteiger partial charge in [-0.05, 0) is 5.56 Å². The molecule has 0 aliphatic carbocycles. The van der Waals surface area contributed by atoms with Crippen molar-refractivity contribution in [3.05, 3.63) is 35.9 Å². The summed E-state index contributed by atoms with van der Waals surface area (Å²) >= 11 is 0. The van der Waals surface area contributed by atoms with Gasteiger partial charge in [-0.1, -0.05) is 30.3 Å². The maximum Gasteiger partial charge on any atom is 0.335 e. The van der Waals surface area contributed by atoms with Crippen LogP contribution in [0.2, 0.25) is 0 Å². The summed E-state index contributed by atoms with van der Waals surface area (Å²) in [7, 11) is 1.41. The first kappa shape index (κ1) is 20.5. The van der Waals surface area contributed by atoms with Crippen molar-refractivity contribution in [1.82, 2.24) is 19.6 Å². The van der Waals surface area contributed by atoms with Gasteiger partial charge in [0, 0.05) is 20.1 Å². The number of carbonyl (C=O) groups is 5. The maximum atomic E-state index is 12.5. The Kier molecular flexibility index (Phi) is 6.23. The van der Waals surface area contributed by atoms with Gasteiger partial charge < -0.3 is 14.5 Å². The van der Waals surface area contributed by atoms with Gasteiger partial charge >= 0.3 is 17.8 Å². The Bertz CT molecular complexity index is 821. The van der Waals surface area contributed by atoms with E-state index in [0.29, 0.717) is 36.8 Å². The average molecular weight is 402 g/mol. The second-order valence-electron chi connectivity index (χ2n) is 6.79. The molecule has 1 aromatic rings. The quantitative estimate of drug-likeness (QED) is 0.460. The van der Waals surface area contributed by atoms with Crippen LogP contribution in [-0.2, 0) is 30.5 Å². The van der Waals surface area contributed by atoms with Gasteiger partial charge in [0.1, 0.15) is 6.54 Å². The first-order valence-corrected chi connectivity index (χ1v) is 9.19. The standard InChI is InChI=1S/C19H22N4O6/c1-20(12-16(25)21-7-9-29-10-8-21)15(24)13-23-18(27)17(26)22(19(23)28)11-14-5-3-2-4-6-14/h2-6H,7-13H2,1H3. The lowest BCUT2D eigenvalue weighted by Crippen LogP contribution is -2.48. The van der Waals surface area contributed by atoms with Gasteiger partial charge in [-0.15, -0.1) is 0 Å². The van der Waals surface area contributed by atoms with Crippen LogP contribution in [0, 0.1) is 0 Å². The lowest BCUT2D eigenvalue weighted by molar-refractivity contribution is -0.146. The minimum Gasteiger partial charge on any atom is -0.378 e. The molecule has 2 saturated heterocycles. The van der Waals surface area contributed by atoms with Crippen molar-refractivity contribution in [3.63, 3.8) is 0 Å². The number of imide groups is 2. The van der Waals surface area contributed by atoms with Crippen molar-refractivity contribution >= 4 is 29.7 Å². The van der Waals surface area contributed by atoms with Crippen LogP contribution in [0.4, 0.5) is 4.79 Å². The summed E-state index contributed by atoms with van der Waals surface area (Å²) in [6.45, 7) is 0.956. The smallest absolute Gasteiger partial charge is 0.335 e. The minimum atomic E-state index is -1.05. The Labute approximate surface area is 167 Å². The molecule has 0 aromatic heterocycles. The third-order valence-corrected chi connectivity index (χ3v) is 4.77. The summed E-state index contributed by atoms with van der Waals surface area (Å²) in [5.41, 5.74) is 0.684. The number of amides is 6. The van der Waals surface area contributed by atoms with Gasteiger partial charge in [-0.25, -0.2) is 9.69 Å². The molecule has 6 amide bonds. The van der Waals surface area contributed by atoms with Crippen molar-refractivity contribution in [2.75, 3.05) is 46.4 Å². The number of benzene rings is 1. The van der Waals surface area contributed by atoms with E-state index in [2.05, 4.69) is 0 Å². The summed E-state index contributed by atoms with van der Waals surface area (Å²) in [4.78, 5) is 65.7. The van der Waals surface area contributed by atoms with Crippen LogP contribution in [0.5, 0.6) is 0 Å². The summed E-state index contributed by atoms with van der Waals surface area (Å²) in [5, 5.41) is 0. The number of hydrogen-bond acceptors (Lipinski definition) is 6. The number of morpholine rings is 1. The van der Waals surface area contributed by atoms with Crippen molar-refractivity contribution < 1.29 is 28.7 Å². The second-order valence-corrected chi connectivity index (χ2v) is 6.79. The summed E-state index contributed by atoms with van der Waals surface area (Å²) < 4.78 is 5.18. The molecule has 10 nitrogen and oxygen atoms in total. The molecule has 3 rings (SSSR count). The van der Waals surface area contributed by atoms with E-state index in [1.54, 1.807) is 35.2 Å². The predicted octanol–water partition coefficient (Wildman–Crippen LogP) is -0.705. The Morgan fingerprint density at radius 2 is 1.62 bits per heavy atom. The van der Waals surface area contributed by atoms with Crippen LogP contribution in [0.15, 0.2) is 30.3 Å². The Morgan fingerprint density at radius 1 is 1.00 bits per heavy atom. The molecule has 0 saturated carbocycles. The molecular formula is C19H22N4O6. The van der Waals surface area contributed by atoms with Crippen molar-refractivity contribution in [3.8, 4) is 0 Å². The summed E-state index contributed by atoms with van der Waals surface area (Å²) in [5.74, 6) is -2.88. The Hall–Kier alpha value is -3.27. The first-order valence-electron chi connectivity index (χ1n) is 9.19.